The second-order valence-corrected chi connectivity index (χ2v) is 6.50. The zero-order valence-corrected chi connectivity index (χ0v) is 12.9. The van der Waals surface area contributed by atoms with Crippen LogP contribution in [0.4, 0.5) is 0 Å². The van der Waals surface area contributed by atoms with Crippen molar-refractivity contribution in [3.05, 3.63) is 35.4 Å². The normalized spacial score (nSPS) is 18.7. The standard InChI is InChI=1S/C18H24N2O2/c21-17(14-10-11-14)19-12-13-6-8-15(9-7-13)18(22)20-16-4-2-1-3-5-16/h6-9,14,16H,1-5,10-12H2,(H,19,21)(H,20,22). The third-order valence-corrected chi connectivity index (χ3v) is 4.57. The van der Waals surface area contributed by atoms with Crippen LogP contribution in [0.5, 0.6) is 0 Å². The van der Waals surface area contributed by atoms with E-state index in [2.05, 4.69) is 10.6 Å². The van der Waals surface area contributed by atoms with E-state index in [1.165, 1.54) is 19.3 Å². The van der Waals surface area contributed by atoms with E-state index >= 15 is 0 Å². The lowest BCUT2D eigenvalue weighted by atomic mass is 9.95. The van der Waals surface area contributed by atoms with Gasteiger partial charge in [-0.3, -0.25) is 9.59 Å². The first kappa shape index (κ1) is 15.1. The van der Waals surface area contributed by atoms with Crippen molar-refractivity contribution < 1.29 is 9.59 Å². The molecule has 4 nitrogen and oxygen atoms in total. The quantitative estimate of drug-likeness (QED) is 0.878. The summed E-state index contributed by atoms with van der Waals surface area (Å²) in [6, 6.07) is 7.86. The van der Waals surface area contributed by atoms with Crippen molar-refractivity contribution >= 4 is 11.8 Å². The van der Waals surface area contributed by atoms with Crippen LogP contribution in [0.2, 0.25) is 0 Å². The third kappa shape index (κ3) is 4.09. The fraction of sp³-hybridized carbons (Fsp3) is 0.556. The van der Waals surface area contributed by atoms with E-state index in [0.717, 1.165) is 31.2 Å². The zero-order chi connectivity index (χ0) is 15.4. The van der Waals surface area contributed by atoms with Gasteiger partial charge < -0.3 is 10.6 Å². The van der Waals surface area contributed by atoms with Gasteiger partial charge in [0.2, 0.25) is 5.91 Å². The largest absolute Gasteiger partial charge is 0.352 e. The number of nitrogens with one attached hydrogen (secondary N) is 2. The predicted octanol–water partition coefficient (Wildman–Crippen LogP) is 2.78. The fourth-order valence-corrected chi connectivity index (χ4v) is 2.97. The summed E-state index contributed by atoms with van der Waals surface area (Å²) in [4.78, 5) is 23.8. The van der Waals surface area contributed by atoms with E-state index in [1.54, 1.807) is 0 Å². The number of hydrogen-bond acceptors (Lipinski definition) is 2. The Morgan fingerprint density at radius 2 is 1.64 bits per heavy atom. The molecule has 4 heteroatoms. The van der Waals surface area contributed by atoms with Gasteiger partial charge in [-0.25, -0.2) is 0 Å². The van der Waals surface area contributed by atoms with Crippen LogP contribution in [-0.4, -0.2) is 17.9 Å². The topological polar surface area (TPSA) is 58.2 Å². The number of hydrogen-bond donors (Lipinski definition) is 2. The minimum Gasteiger partial charge on any atom is -0.352 e. The van der Waals surface area contributed by atoms with Gasteiger partial charge in [-0.1, -0.05) is 31.4 Å². The summed E-state index contributed by atoms with van der Waals surface area (Å²) in [5.74, 6) is 0.403. The van der Waals surface area contributed by atoms with E-state index in [0.29, 0.717) is 18.2 Å². The van der Waals surface area contributed by atoms with Crippen molar-refractivity contribution in [1.82, 2.24) is 10.6 Å². The molecule has 1 aromatic carbocycles. The molecule has 0 aromatic heterocycles. The first-order valence-corrected chi connectivity index (χ1v) is 8.40. The van der Waals surface area contributed by atoms with E-state index < -0.39 is 0 Å². The molecule has 0 radical (unpaired) electrons. The molecule has 1 aromatic rings. The Hall–Kier alpha value is -1.84. The number of amides is 2. The molecule has 3 rings (SSSR count). The molecule has 22 heavy (non-hydrogen) atoms. The summed E-state index contributed by atoms with van der Waals surface area (Å²) < 4.78 is 0. The maximum atomic E-state index is 12.2. The van der Waals surface area contributed by atoms with Crippen molar-refractivity contribution in [2.75, 3.05) is 0 Å². The Kier molecular flexibility index (Phi) is 4.76. The van der Waals surface area contributed by atoms with Gasteiger partial charge in [-0.15, -0.1) is 0 Å². The molecule has 0 aliphatic heterocycles. The van der Waals surface area contributed by atoms with Gasteiger partial charge in [0.15, 0.2) is 0 Å². The smallest absolute Gasteiger partial charge is 0.251 e. The first-order valence-electron chi connectivity index (χ1n) is 8.40. The third-order valence-electron chi connectivity index (χ3n) is 4.57. The average molecular weight is 300 g/mol. The highest BCUT2D eigenvalue weighted by Gasteiger charge is 2.29. The molecule has 0 spiro atoms. The molecular formula is C18H24N2O2. The molecule has 0 heterocycles. The summed E-state index contributed by atoms with van der Waals surface area (Å²) in [6.45, 7) is 0.542. The van der Waals surface area contributed by atoms with Crippen LogP contribution in [-0.2, 0) is 11.3 Å². The van der Waals surface area contributed by atoms with Crippen molar-refractivity contribution in [2.45, 2.75) is 57.5 Å². The van der Waals surface area contributed by atoms with Gasteiger partial charge in [-0.05, 0) is 43.4 Å². The van der Waals surface area contributed by atoms with Crippen LogP contribution in [0, 0.1) is 5.92 Å². The average Bonchev–Trinajstić information content (AvgIpc) is 3.39. The van der Waals surface area contributed by atoms with Gasteiger partial charge in [-0.2, -0.15) is 0 Å². The van der Waals surface area contributed by atoms with E-state index in [9.17, 15) is 9.59 Å². The number of carbonyl (C=O) groups excluding carboxylic acids is 2. The van der Waals surface area contributed by atoms with Crippen LogP contribution in [0.15, 0.2) is 24.3 Å². The van der Waals surface area contributed by atoms with E-state index in [1.807, 2.05) is 24.3 Å². The number of benzene rings is 1. The lowest BCUT2D eigenvalue weighted by Gasteiger charge is -2.22. The van der Waals surface area contributed by atoms with E-state index in [-0.39, 0.29) is 17.7 Å². The van der Waals surface area contributed by atoms with Gasteiger partial charge in [0.05, 0.1) is 0 Å². The number of carbonyl (C=O) groups is 2. The molecule has 0 bridgehead atoms. The first-order chi connectivity index (χ1) is 10.7. The highest BCUT2D eigenvalue weighted by atomic mass is 16.2. The molecule has 118 valence electrons. The summed E-state index contributed by atoms with van der Waals surface area (Å²) >= 11 is 0. The lowest BCUT2D eigenvalue weighted by molar-refractivity contribution is -0.122. The van der Waals surface area contributed by atoms with Crippen LogP contribution in [0.1, 0.15) is 60.9 Å². The Balaban J connectivity index is 1.49. The minimum atomic E-state index is 0.0143. The zero-order valence-electron chi connectivity index (χ0n) is 12.9. The maximum Gasteiger partial charge on any atom is 0.251 e. The highest BCUT2D eigenvalue weighted by Crippen LogP contribution is 2.28. The Labute approximate surface area is 131 Å². The Morgan fingerprint density at radius 1 is 0.955 bits per heavy atom. The van der Waals surface area contributed by atoms with Crippen LogP contribution in [0.25, 0.3) is 0 Å². The van der Waals surface area contributed by atoms with Crippen molar-refractivity contribution in [3.63, 3.8) is 0 Å². The molecule has 0 atom stereocenters. The molecule has 2 amide bonds. The Morgan fingerprint density at radius 3 is 2.27 bits per heavy atom. The van der Waals surface area contributed by atoms with Crippen LogP contribution >= 0.6 is 0 Å². The minimum absolute atomic E-state index is 0.0143. The highest BCUT2D eigenvalue weighted by molar-refractivity contribution is 5.94. The second kappa shape index (κ2) is 6.95. The monoisotopic (exact) mass is 300 g/mol. The molecule has 2 saturated carbocycles. The molecule has 2 aliphatic rings. The van der Waals surface area contributed by atoms with Gasteiger partial charge in [0.1, 0.15) is 0 Å². The van der Waals surface area contributed by atoms with Gasteiger partial charge in [0.25, 0.3) is 5.91 Å². The Bertz CT molecular complexity index is 529. The van der Waals surface area contributed by atoms with Crippen molar-refractivity contribution in [1.29, 1.82) is 0 Å². The van der Waals surface area contributed by atoms with Crippen LogP contribution < -0.4 is 10.6 Å². The summed E-state index contributed by atoms with van der Waals surface area (Å²) in [7, 11) is 0. The summed E-state index contributed by atoms with van der Waals surface area (Å²) in [6.07, 6.45) is 7.94. The molecule has 2 aliphatic carbocycles. The van der Waals surface area contributed by atoms with Gasteiger partial charge in [0, 0.05) is 24.1 Å². The fourth-order valence-electron chi connectivity index (χ4n) is 2.97. The SMILES string of the molecule is O=C(NC1CCCCC1)c1ccc(CNC(=O)C2CC2)cc1. The molecule has 2 N–H and O–H groups in total. The summed E-state index contributed by atoms with van der Waals surface area (Å²) in [5.41, 5.74) is 1.73. The van der Waals surface area contributed by atoms with Crippen molar-refractivity contribution in [2.24, 2.45) is 5.92 Å². The summed E-state index contributed by atoms with van der Waals surface area (Å²) in [5, 5.41) is 6.06. The molecule has 0 unspecified atom stereocenters. The van der Waals surface area contributed by atoms with Crippen LogP contribution in [0.3, 0.4) is 0 Å². The predicted molar refractivity (Wildman–Crippen MR) is 85.4 cm³/mol. The van der Waals surface area contributed by atoms with E-state index in [4.69, 9.17) is 0 Å². The molecule has 2 fully saturated rings. The molecule has 0 saturated heterocycles. The molecular weight excluding hydrogens is 276 g/mol. The lowest BCUT2D eigenvalue weighted by Crippen LogP contribution is -2.36. The van der Waals surface area contributed by atoms with Crippen molar-refractivity contribution in [3.8, 4) is 0 Å². The number of rotatable bonds is 5. The second-order valence-electron chi connectivity index (χ2n) is 6.50. The van der Waals surface area contributed by atoms with Gasteiger partial charge >= 0.3 is 0 Å². The maximum absolute atomic E-state index is 12.2.